The molecule has 9 heteroatoms. The van der Waals surface area contributed by atoms with Crippen LogP contribution < -0.4 is 16.0 Å². The molecule has 0 saturated heterocycles. The maximum atomic E-state index is 12.3. The highest BCUT2D eigenvalue weighted by Crippen LogP contribution is 2.19. The van der Waals surface area contributed by atoms with Crippen LogP contribution in [-0.4, -0.2) is 38.8 Å². The Morgan fingerprint density at radius 1 is 1.20 bits per heavy atom. The number of nitrogens with zero attached hydrogens (tertiary/aromatic N) is 2. The van der Waals surface area contributed by atoms with E-state index in [1.54, 1.807) is 24.3 Å². The first-order valence-corrected chi connectivity index (χ1v) is 7.74. The first-order valence-electron chi connectivity index (χ1n) is 7.74. The van der Waals surface area contributed by atoms with E-state index in [1.807, 2.05) is 0 Å². The van der Waals surface area contributed by atoms with E-state index < -0.39 is 11.9 Å². The van der Waals surface area contributed by atoms with E-state index in [4.69, 9.17) is 5.11 Å². The van der Waals surface area contributed by atoms with Gasteiger partial charge in [0.2, 0.25) is 0 Å². The van der Waals surface area contributed by atoms with Gasteiger partial charge in [0.1, 0.15) is 6.54 Å². The molecule has 0 aliphatic heterocycles. The fourth-order valence-electron chi connectivity index (χ4n) is 2.16. The summed E-state index contributed by atoms with van der Waals surface area (Å²) in [5, 5.41) is 20.7. The van der Waals surface area contributed by atoms with Crippen LogP contribution in [0.25, 0.3) is 0 Å². The number of anilines is 2. The Bertz CT molecular complexity index is 812. The van der Waals surface area contributed by atoms with Crippen LogP contribution in [0, 0.1) is 0 Å². The summed E-state index contributed by atoms with van der Waals surface area (Å²) < 4.78 is 1.21. The SMILES string of the molecule is O=C(O)Cn1ccc(NC(=O)c2cccc(NC(=O)NC3CC3)c2)n1. The lowest BCUT2D eigenvalue weighted by atomic mass is 10.2. The van der Waals surface area contributed by atoms with E-state index >= 15 is 0 Å². The van der Waals surface area contributed by atoms with Crippen LogP contribution >= 0.6 is 0 Å². The molecule has 3 rings (SSSR count). The zero-order chi connectivity index (χ0) is 17.8. The van der Waals surface area contributed by atoms with Crippen LogP contribution in [0.5, 0.6) is 0 Å². The Morgan fingerprint density at radius 3 is 2.72 bits per heavy atom. The van der Waals surface area contributed by atoms with Gasteiger partial charge in [-0.1, -0.05) is 6.07 Å². The summed E-state index contributed by atoms with van der Waals surface area (Å²) in [5.74, 6) is -1.19. The van der Waals surface area contributed by atoms with Gasteiger partial charge < -0.3 is 21.1 Å². The molecular weight excluding hydrogens is 326 g/mol. The number of carboxylic acids is 1. The van der Waals surface area contributed by atoms with Gasteiger partial charge in [-0.15, -0.1) is 0 Å². The van der Waals surface area contributed by atoms with E-state index in [1.165, 1.54) is 16.9 Å². The van der Waals surface area contributed by atoms with Crippen molar-refractivity contribution in [3.05, 3.63) is 42.1 Å². The quantitative estimate of drug-likeness (QED) is 0.632. The van der Waals surface area contributed by atoms with Crippen molar-refractivity contribution in [1.29, 1.82) is 0 Å². The van der Waals surface area contributed by atoms with Gasteiger partial charge in [-0.2, -0.15) is 5.10 Å². The number of carboxylic acid groups (broad SMARTS) is 1. The van der Waals surface area contributed by atoms with Crippen molar-refractivity contribution in [2.75, 3.05) is 10.6 Å². The number of hydrogen-bond donors (Lipinski definition) is 4. The number of carbonyl (C=O) groups is 3. The molecule has 1 aliphatic rings. The zero-order valence-electron chi connectivity index (χ0n) is 13.2. The summed E-state index contributed by atoms with van der Waals surface area (Å²) in [7, 11) is 0. The van der Waals surface area contributed by atoms with E-state index in [-0.39, 0.29) is 24.4 Å². The molecule has 1 saturated carbocycles. The molecule has 25 heavy (non-hydrogen) atoms. The van der Waals surface area contributed by atoms with Gasteiger partial charge >= 0.3 is 12.0 Å². The van der Waals surface area contributed by atoms with E-state index in [0.717, 1.165) is 12.8 Å². The molecule has 1 fully saturated rings. The lowest BCUT2D eigenvalue weighted by Gasteiger charge is -2.08. The van der Waals surface area contributed by atoms with Crippen LogP contribution in [0.3, 0.4) is 0 Å². The van der Waals surface area contributed by atoms with E-state index in [0.29, 0.717) is 11.3 Å². The lowest BCUT2D eigenvalue weighted by Crippen LogP contribution is -2.30. The third-order valence-electron chi connectivity index (χ3n) is 3.47. The molecule has 0 radical (unpaired) electrons. The molecular formula is C16H17N5O4. The van der Waals surface area contributed by atoms with Crippen molar-refractivity contribution in [3.8, 4) is 0 Å². The second-order valence-corrected chi connectivity index (χ2v) is 5.70. The molecule has 1 aromatic heterocycles. The van der Waals surface area contributed by atoms with Crippen molar-refractivity contribution >= 4 is 29.4 Å². The van der Waals surface area contributed by atoms with Gasteiger partial charge in [0.25, 0.3) is 5.91 Å². The lowest BCUT2D eigenvalue weighted by molar-refractivity contribution is -0.137. The van der Waals surface area contributed by atoms with Crippen LogP contribution in [0.2, 0.25) is 0 Å². The van der Waals surface area contributed by atoms with Gasteiger partial charge in [0.05, 0.1) is 0 Å². The first kappa shape index (κ1) is 16.5. The standard InChI is InChI=1S/C16H17N5O4/c22-14(23)9-21-7-6-13(20-21)19-15(24)10-2-1-3-12(8-10)18-16(25)17-11-4-5-11/h1-3,6-8,11H,4-5,9H2,(H,22,23)(H2,17,18,25)(H,19,20,24). The van der Waals surface area contributed by atoms with Gasteiger partial charge in [0.15, 0.2) is 5.82 Å². The number of urea groups is 1. The van der Waals surface area contributed by atoms with Crippen molar-refractivity contribution in [2.24, 2.45) is 0 Å². The topological polar surface area (TPSA) is 125 Å². The molecule has 1 aliphatic carbocycles. The summed E-state index contributed by atoms with van der Waals surface area (Å²) in [4.78, 5) is 34.6. The molecule has 4 N–H and O–H groups in total. The second-order valence-electron chi connectivity index (χ2n) is 5.70. The van der Waals surface area contributed by atoms with Crippen molar-refractivity contribution in [3.63, 3.8) is 0 Å². The van der Waals surface area contributed by atoms with E-state index in [2.05, 4.69) is 21.0 Å². The zero-order valence-corrected chi connectivity index (χ0v) is 13.2. The van der Waals surface area contributed by atoms with Crippen LogP contribution in [0.15, 0.2) is 36.5 Å². The average molecular weight is 343 g/mol. The minimum Gasteiger partial charge on any atom is -0.480 e. The third kappa shape index (κ3) is 4.80. The van der Waals surface area contributed by atoms with Crippen molar-refractivity contribution in [1.82, 2.24) is 15.1 Å². The van der Waals surface area contributed by atoms with Crippen LogP contribution in [0.1, 0.15) is 23.2 Å². The van der Waals surface area contributed by atoms with Crippen molar-refractivity contribution in [2.45, 2.75) is 25.4 Å². The van der Waals surface area contributed by atoms with E-state index in [9.17, 15) is 14.4 Å². The van der Waals surface area contributed by atoms with Crippen LogP contribution in [-0.2, 0) is 11.3 Å². The number of nitrogens with one attached hydrogen (secondary N) is 3. The molecule has 130 valence electrons. The van der Waals surface area contributed by atoms with Gasteiger partial charge in [-0.3, -0.25) is 14.3 Å². The minimum atomic E-state index is -1.02. The first-order chi connectivity index (χ1) is 12.0. The molecule has 2 aromatic rings. The molecule has 9 nitrogen and oxygen atoms in total. The number of aromatic nitrogens is 2. The molecule has 0 spiro atoms. The van der Waals surface area contributed by atoms with Gasteiger partial charge in [0, 0.05) is 29.6 Å². The maximum Gasteiger partial charge on any atom is 0.325 e. The number of rotatable bonds is 6. The van der Waals surface area contributed by atoms with Gasteiger partial charge in [-0.25, -0.2) is 4.79 Å². The number of benzene rings is 1. The summed E-state index contributed by atoms with van der Waals surface area (Å²) in [6, 6.07) is 7.95. The highest BCUT2D eigenvalue weighted by Gasteiger charge is 2.23. The van der Waals surface area contributed by atoms with Gasteiger partial charge in [-0.05, 0) is 31.0 Å². The number of aliphatic carboxylic acids is 1. The Balaban J connectivity index is 1.61. The highest BCUT2D eigenvalue weighted by atomic mass is 16.4. The maximum absolute atomic E-state index is 12.3. The fourth-order valence-corrected chi connectivity index (χ4v) is 2.16. The third-order valence-corrected chi connectivity index (χ3v) is 3.47. The smallest absolute Gasteiger partial charge is 0.325 e. The predicted molar refractivity (Wildman–Crippen MR) is 89.4 cm³/mol. The molecule has 0 unspecified atom stereocenters. The molecule has 0 bridgehead atoms. The number of carbonyl (C=O) groups excluding carboxylic acids is 2. The molecule has 1 aromatic carbocycles. The molecule has 0 atom stereocenters. The Kier molecular flexibility index (Phi) is 4.64. The van der Waals surface area contributed by atoms with Crippen molar-refractivity contribution < 1.29 is 19.5 Å². The Hall–Kier alpha value is -3.36. The summed E-state index contributed by atoms with van der Waals surface area (Å²) in [5.41, 5.74) is 0.846. The molecule has 3 amide bonds. The summed E-state index contributed by atoms with van der Waals surface area (Å²) in [6.07, 6.45) is 3.44. The summed E-state index contributed by atoms with van der Waals surface area (Å²) in [6.45, 7) is -0.286. The van der Waals surface area contributed by atoms with Crippen LogP contribution in [0.4, 0.5) is 16.3 Å². The fraction of sp³-hybridized carbons (Fsp3) is 0.250. The second kappa shape index (κ2) is 7.04. The monoisotopic (exact) mass is 343 g/mol. The Morgan fingerprint density at radius 2 is 2.00 bits per heavy atom. The molecule has 1 heterocycles. The number of hydrogen-bond acceptors (Lipinski definition) is 4. The minimum absolute atomic E-state index is 0.243. The highest BCUT2D eigenvalue weighted by molar-refractivity contribution is 6.04. The number of amides is 3. The summed E-state index contributed by atoms with van der Waals surface area (Å²) >= 11 is 0. The Labute approximate surface area is 143 Å². The normalized spacial score (nSPS) is 13.1. The largest absolute Gasteiger partial charge is 0.480 e. The average Bonchev–Trinajstić information content (AvgIpc) is 3.25. The predicted octanol–water partition coefficient (Wildman–Crippen LogP) is 1.50.